The van der Waals surface area contributed by atoms with E-state index in [1.165, 1.54) is 68.9 Å². The van der Waals surface area contributed by atoms with Crippen molar-refractivity contribution in [1.82, 2.24) is 10.2 Å². The van der Waals surface area contributed by atoms with Crippen LogP contribution in [0.25, 0.3) is 5.57 Å². The molecule has 6 aliphatic rings. The van der Waals surface area contributed by atoms with Crippen molar-refractivity contribution in [2.75, 3.05) is 32.8 Å². The van der Waals surface area contributed by atoms with Gasteiger partial charge in [-0.2, -0.15) is 0 Å². The van der Waals surface area contributed by atoms with Crippen molar-refractivity contribution in [2.24, 2.45) is 56.7 Å². The Labute approximate surface area is 313 Å². The number of ether oxygens (including phenoxy) is 1. The maximum atomic E-state index is 13.1. The minimum atomic E-state index is -0.867. The van der Waals surface area contributed by atoms with Crippen molar-refractivity contribution in [2.45, 2.75) is 125 Å². The van der Waals surface area contributed by atoms with E-state index in [0.717, 1.165) is 31.3 Å². The zero-order valence-electron chi connectivity index (χ0n) is 33.0. The van der Waals surface area contributed by atoms with Gasteiger partial charge >= 0.3 is 11.9 Å². The first-order valence-corrected chi connectivity index (χ1v) is 20.9. The highest BCUT2D eigenvalue weighted by molar-refractivity contribution is 5.88. The summed E-state index contributed by atoms with van der Waals surface area (Å²) in [5, 5.41) is 13.3. The first-order chi connectivity index (χ1) is 24.7. The molecule has 1 aromatic carbocycles. The Morgan fingerprint density at radius 2 is 1.58 bits per heavy atom. The fourth-order valence-corrected chi connectivity index (χ4v) is 14.2. The second-order valence-corrected chi connectivity index (χ2v) is 19.3. The monoisotopic (exact) mass is 714 g/mol. The zero-order valence-corrected chi connectivity index (χ0v) is 33.0. The third-order valence-corrected chi connectivity index (χ3v) is 17.0. The van der Waals surface area contributed by atoms with E-state index in [1.807, 2.05) is 24.0 Å². The molecule has 1 saturated heterocycles. The topological polar surface area (TPSA) is 95.9 Å². The molecule has 0 bridgehead atoms. The summed E-state index contributed by atoms with van der Waals surface area (Å²) >= 11 is 0. The smallest absolute Gasteiger partial charge is 0.335 e. The van der Waals surface area contributed by atoms with Gasteiger partial charge in [-0.1, -0.05) is 59.2 Å². The normalized spacial score (nSPS) is 38.3. The Balaban J connectivity index is 1.00. The number of benzene rings is 1. The highest BCUT2D eigenvalue weighted by Crippen LogP contribution is 2.77. The maximum Gasteiger partial charge on any atom is 0.335 e. The molecule has 7 rings (SSSR count). The fourth-order valence-electron chi connectivity index (χ4n) is 14.2. The van der Waals surface area contributed by atoms with Crippen molar-refractivity contribution in [3.05, 3.63) is 41.5 Å². The van der Waals surface area contributed by atoms with Gasteiger partial charge < -0.3 is 20.1 Å². The number of likely N-dealkylation sites (tertiary alicyclic amines) is 1. The molecule has 0 radical (unpaired) electrons. The van der Waals surface area contributed by atoms with Crippen LogP contribution in [0.4, 0.5) is 0 Å². The van der Waals surface area contributed by atoms with E-state index in [-0.39, 0.29) is 28.6 Å². The van der Waals surface area contributed by atoms with E-state index in [4.69, 9.17) is 4.74 Å². The van der Waals surface area contributed by atoms with Gasteiger partial charge in [0.15, 0.2) is 0 Å². The molecule has 52 heavy (non-hydrogen) atoms. The van der Waals surface area contributed by atoms with Crippen LogP contribution >= 0.6 is 0 Å². The lowest BCUT2D eigenvalue weighted by molar-refractivity contribution is -0.222. The number of rotatable bonds is 9. The molecule has 0 aromatic heterocycles. The number of hydrogen-bond donors (Lipinski definition) is 2. The van der Waals surface area contributed by atoms with Gasteiger partial charge in [0.05, 0.1) is 18.1 Å². The lowest BCUT2D eigenvalue weighted by atomic mass is 9.32. The molecule has 1 amide bonds. The number of carboxylic acid groups (broad SMARTS) is 1. The summed E-state index contributed by atoms with van der Waals surface area (Å²) < 4.78 is 5.21. The molecule has 1 aliphatic heterocycles. The van der Waals surface area contributed by atoms with Gasteiger partial charge in [0.1, 0.15) is 0 Å². The summed E-state index contributed by atoms with van der Waals surface area (Å²) in [6.07, 6.45) is 17.5. The molecule has 5 aliphatic carbocycles. The lowest BCUT2D eigenvalue weighted by Crippen LogP contribution is -2.65. The Morgan fingerprint density at radius 3 is 2.27 bits per heavy atom. The van der Waals surface area contributed by atoms with Crippen molar-refractivity contribution in [3.8, 4) is 0 Å². The molecule has 5 fully saturated rings. The number of nitrogens with one attached hydrogen (secondary N) is 1. The van der Waals surface area contributed by atoms with Crippen LogP contribution < -0.4 is 5.32 Å². The molecule has 286 valence electrons. The summed E-state index contributed by atoms with van der Waals surface area (Å²) in [5.74, 6) is 2.01. The second kappa shape index (κ2) is 13.9. The molecular formula is C45H66N2O5. The van der Waals surface area contributed by atoms with Gasteiger partial charge in [-0.3, -0.25) is 9.59 Å². The maximum absolute atomic E-state index is 13.1. The van der Waals surface area contributed by atoms with Crippen LogP contribution in [0.15, 0.2) is 30.3 Å². The van der Waals surface area contributed by atoms with Gasteiger partial charge in [-0.25, -0.2) is 4.79 Å². The minimum Gasteiger partial charge on any atom is -0.478 e. The molecule has 7 heteroatoms. The van der Waals surface area contributed by atoms with E-state index in [1.54, 1.807) is 12.1 Å². The van der Waals surface area contributed by atoms with Gasteiger partial charge in [0.2, 0.25) is 5.91 Å². The van der Waals surface area contributed by atoms with Crippen LogP contribution in [0.3, 0.4) is 0 Å². The number of esters is 1. The van der Waals surface area contributed by atoms with Gasteiger partial charge in [-0.15, -0.1) is 0 Å². The Hall–Kier alpha value is -2.67. The third-order valence-electron chi connectivity index (χ3n) is 17.0. The molecule has 8 atom stereocenters. The molecule has 0 spiro atoms. The zero-order chi connectivity index (χ0) is 37.1. The van der Waals surface area contributed by atoms with E-state index in [9.17, 15) is 19.5 Å². The number of carboxylic acids is 1. The number of nitrogens with zero attached hydrogens (tertiary/aromatic N) is 1. The summed E-state index contributed by atoms with van der Waals surface area (Å²) in [5.41, 5.74) is 4.23. The highest BCUT2D eigenvalue weighted by Gasteiger charge is 2.69. The fraction of sp³-hybridized carbons (Fsp3) is 0.756. The standard InChI is InChI=1S/C45H66N2O5/c1-7-52-40(51)32-19-27-47(28-20-32)38(48)18-26-46-29-45-21-8-9-35(45)34-14-15-37-42(4)22-16-33(30-10-12-31(13-11-30)39(49)50)41(2,3)36(42)17-23-44(37,6)43(34,5)24-25-45/h10-13,16,32,34-37,46H,7-9,14-15,17-29H2,1-6H3,(H,49,50)/t34-,35?,36?,37?,42+,43-,44-,45-/m1/s1. The number of carbonyl (C=O) groups excluding carboxylic acids is 2. The van der Waals surface area contributed by atoms with E-state index >= 15 is 0 Å². The van der Waals surface area contributed by atoms with Gasteiger partial charge in [-0.05, 0) is 152 Å². The average Bonchev–Trinajstić information content (AvgIpc) is 3.54. The van der Waals surface area contributed by atoms with Crippen LogP contribution in [0.1, 0.15) is 141 Å². The number of piperidine rings is 1. The predicted molar refractivity (Wildman–Crippen MR) is 205 cm³/mol. The van der Waals surface area contributed by atoms with Crippen LogP contribution in [0.2, 0.25) is 0 Å². The van der Waals surface area contributed by atoms with Crippen LogP contribution in [0.5, 0.6) is 0 Å². The summed E-state index contributed by atoms with van der Waals surface area (Å²) in [4.78, 5) is 38.8. The van der Waals surface area contributed by atoms with Gasteiger partial charge in [0.25, 0.3) is 0 Å². The highest BCUT2D eigenvalue weighted by atomic mass is 16.5. The van der Waals surface area contributed by atoms with E-state index in [0.29, 0.717) is 72.6 Å². The van der Waals surface area contributed by atoms with Crippen molar-refractivity contribution < 1.29 is 24.2 Å². The van der Waals surface area contributed by atoms with E-state index < -0.39 is 5.97 Å². The van der Waals surface area contributed by atoms with E-state index in [2.05, 4.69) is 46.0 Å². The molecule has 4 saturated carbocycles. The Kier molecular flexibility index (Phi) is 10.0. The number of hydrogen-bond acceptors (Lipinski definition) is 5. The minimum absolute atomic E-state index is 0.0239. The van der Waals surface area contributed by atoms with Crippen LogP contribution in [-0.2, 0) is 14.3 Å². The number of carbonyl (C=O) groups is 3. The van der Waals surface area contributed by atoms with Crippen molar-refractivity contribution in [3.63, 3.8) is 0 Å². The average molecular weight is 715 g/mol. The van der Waals surface area contributed by atoms with Crippen molar-refractivity contribution >= 4 is 23.4 Å². The Morgan fingerprint density at radius 1 is 0.846 bits per heavy atom. The molecule has 7 nitrogen and oxygen atoms in total. The van der Waals surface area contributed by atoms with Crippen molar-refractivity contribution in [1.29, 1.82) is 0 Å². The van der Waals surface area contributed by atoms with Crippen LogP contribution in [0, 0.1) is 56.7 Å². The lowest BCUT2D eigenvalue weighted by Gasteiger charge is -2.72. The second-order valence-electron chi connectivity index (χ2n) is 19.3. The SMILES string of the molecule is CCOC(=O)C1CCN(C(=O)CCNC[C@]23CCCC2[C@H]2CCC4[C@@]5(C)CC=C(c6ccc(C(=O)O)cc6)C(C)(C)C5CC[C@@]4(C)[C@]2(C)CC3)CC1. The summed E-state index contributed by atoms with van der Waals surface area (Å²) in [6, 6.07) is 7.59. The molecule has 3 unspecified atom stereocenters. The number of fused-ring (bicyclic) bond motifs is 7. The number of allylic oxidation sites excluding steroid dienone is 2. The first-order valence-electron chi connectivity index (χ1n) is 20.9. The first kappa shape index (κ1) is 37.6. The Bertz CT molecular complexity index is 1560. The predicted octanol–water partition coefficient (Wildman–Crippen LogP) is 9.01. The number of aromatic carboxylic acids is 1. The van der Waals surface area contributed by atoms with Gasteiger partial charge in [0, 0.05) is 32.6 Å². The third kappa shape index (κ3) is 5.98. The molecule has 1 heterocycles. The summed E-state index contributed by atoms with van der Waals surface area (Å²) in [6.45, 7) is 18.3. The quantitative estimate of drug-likeness (QED) is 0.196. The largest absolute Gasteiger partial charge is 0.478 e. The number of amides is 1. The molecular weight excluding hydrogens is 649 g/mol. The van der Waals surface area contributed by atoms with Crippen LogP contribution in [-0.4, -0.2) is 60.6 Å². The molecule has 1 aromatic rings. The summed E-state index contributed by atoms with van der Waals surface area (Å²) in [7, 11) is 0. The molecule has 2 N–H and O–H groups in total.